The number of carbonyl (C=O) groups is 1. The smallest absolute Gasteiger partial charge is 0.220 e. The third kappa shape index (κ3) is 4.41. The van der Waals surface area contributed by atoms with E-state index < -0.39 is 17.6 Å². The van der Waals surface area contributed by atoms with E-state index in [2.05, 4.69) is 12.2 Å². The Bertz CT molecular complexity index is 785. The van der Waals surface area contributed by atoms with Crippen LogP contribution in [0.15, 0.2) is 18.2 Å². The van der Waals surface area contributed by atoms with Crippen LogP contribution in [0.2, 0.25) is 0 Å². The van der Waals surface area contributed by atoms with E-state index in [0.29, 0.717) is 30.9 Å². The highest BCUT2D eigenvalue weighted by Gasteiger charge is 2.58. The summed E-state index contributed by atoms with van der Waals surface area (Å²) in [4.78, 5) is 12.8. The molecule has 0 spiro atoms. The first-order valence-corrected chi connectivity index (χ1v) is 11.1. The minimum atomic E-state index is -0.610. The van der Waals surface area contributed by atoms with Gasteiger partial charge in [-0.1, -0.05) is 19.9 Å². The van der Waals surface area contributed by atoms with Crippen molar-refractivity contribution in [2.24, 2.45) is 22.7 Å². The van der Waals surface area contributed by atoms with Gasteiger partial charge in [-0.25, -0.2) is 0 Å². The van der Waals surface area contributed by atoms with E-state index in [-0.39, 0.29) is 36.2 Å². The van der Waals surface area contributed by atoms with Crippen LogP contribution in [0.3, 0.4) is 0 Å². The van der Waals surface area contributed by atoms with Gasteiger partial charge in [0, 0.05) is 18.4 Å². The van der Waals surface area contributed by atoms with Crippen molar-refractivity contribution in [1.29, 1.82) is 0 Å². The summed E-state index contributed by atoms with van der Waals surface area (Å²) in [6.45, 7) is 4.32. The number of amides is 1. The zero-order chi connectivity index (χ0) is 22.8. The van der Waals surface area contributed by atoms with E-state index >= 15 is 0 Å². The molecule has 0 heterocycles. The first-order valence-electron chi connectivity index (χ1n) is 11.1. The number of hydrogen-bond donors (Lipinski definition) is 4. The van der Waals surface area contributed by atoms with Crippen molar-refractivity contribution in [1.82, 2.24) is 5.32 Å². The fraction of sp³-hybridized carbons (Fsp3) is 0.708. The predicted octanol–water partition coefficient (Wildman–Crippen LogP) is 2.26. The summed E-state index contributed by atoms with van der Waals surface area (Å²) < 4.78 is 10.6. The molecule has 0 aliphatic heterocycles. The van der Waals surface area contributed by atoms with E-state index in [0.717, 1.165) is 18.4 Å². The van der Waals surface area contributed by atoms with Crippen molar-refractivity contribution in [3.8, 4) is 11.5 Å². The van der Waals surface area contributed by atoms with Crippen molar-refractivity contribution in [2.75, 3.05) is 20.8 Å². The fourth-order valence-corrected chi connectivity index (χ4v) is 6.07. The Morgan fingerprint density at radius 2 is 1.84 bits per heavy atom. The predicted molar refractivity (Wildman–Crippen MR) is 117 cm³/mol. The van der Waals surface area contributed by atoms with Gasteiger partial charge in [0.05, 0.1) is 33.0 Å². The first-order chi connectivity index (χ1) is 14.7. The summed E-state index contributed by atoms with van der Waals surface area (Å²) in [6, 6.07) is 5.52. The molecule has 1 aromatic rings. The minimum Gasteiger partial charge on any atom is -0.493 e. The van der Waals surface area contributed by atoms with Crippen molar-refractivity contribution in [3.05, 3.63) is 23.8 Å². The summed E-state index contributed by atoms with van der Waals surface area (Å²) in [5.74, 6) is 0.970. The zero-order valence-corrected chi connectivity index (χ0v) is 19.1. The Labute approximate surface area is 184 Å². The lowest BCUT2D eigenvalue weighted by Crippen LogP contribution is -2.60. The highest BCUT2D eigenvalue weighted by Crippen LogP contribution is 2.60. The molecule has 1 amide bonds. The van der Waals surface area contributed by atoms with E-state index in [1.807, 2.05) is 19.1 Å². The molecule has 2 fully saturated rings. The van der Waals surface area contributed by atoms with Crippen LogP contribution < -0.4 is 14.8 Å². The van der Waals surface area contributed by atoms with Gasteiger partial charge in [-0.05, 0) is 60.6 Å². The summed E-state index contributed by atoms with van der Waals surface area (Å²) in [5.41, 5.74) is -0.0238. The highest BCUT2D eigenvalue weighted by molar-refractivity contribution is 5.76. The molecule has 1 aromatic carbocycles. The highest BCUT2D eigenvalue weighted by atomic mass is 16.5. The van der Waals surface area contributed by atoms with Crippen LogP contribution in [-0.4, -0.2) is 54.3 Å². The third-order valence-corrected chi connectivity index (χ3v) is 8.06. The average molecular weight is 436 g/mol. The molecule has 174 valence electrons. The number of aliphatic hydroxyl groups is 3. The Kier molecular flexibility index (Phi) is 7.18. The van der Waals surface area contributed by atoms with Gasteiger partial charge in [0.25, 0.3) is 0 Å². The van der Waals surface area contributed by atoms with Crippen LogP contribution in [0.4, 0.5) is 0 Å². The van der Waals surface area contributed by atoms with Crippen molar-refractivity contribution >= 4 is 5.91 Å². The molecule has 2 aliphatic rings. The van der Waals surface area contributed by atoms with Crippen LogP contribution in [0.25, 0.3) is 0 Å². The van der Waals surface area contributed by atoms with Gasteiger partial charge in [-0.2, -0.15) is 0 Å². The standard InChI is InChI=1S/C24H37NO6/c1-23-10-9-21(28)24(2,14-26)20(23)8-6-17(27)16(23)12-22(29)25-13-15-5-7-18(30-3)19(11-15)31-4/h5,7,11,16-17,20-21,26-28H,6,8-10,12-14H2,1-4H3,(H,25,29)/t16-,17-,20+,21-,23+,24+/m1/s1. The van der Waals surface area contributed by atoms with Gasteiger partial charge in [0.2, 0.25) is 5.91 Å². The lowest BCUT2D eigenvalue weighted by molar-refractivity contribution is -0.185. The molecule has 0 saturated heterocycles. The normalized spacial score (nSPS) is 35.2. The Hall–Kier alpha value is -1.83. The average Bonchev–Trinajstić information content (AvgIpc) is 2.77. The van der Waals surface area contributed by atoms with Crippen molar-refractivity contribution in [2.45, 2.75) is 64.7 Å². The molecule has 2 saturated carbocycles. The molecule has 4 N–H and O–H groups in total. The zero-order valence-electron chi connectivity index (χ0n) is 19.1. The Balaban J connectivity index is 1.70. The lowest BCUT2D eigenvalue weighted by atomic mass is 9.46. The molecule has 6 atom stereocenters. The minimum absolute atomic E-state index is 0.0563. The monoisotopic (exact) mass is 435 g/mol. The third-order valence-electron chi connectivity index (χ3n) is 8.06. The van der Waals surface area contributed by atoms with Crippen LogP contribution in [-0.2, 0) is 11.3 Å². The number of rotatable bonds is 7. The molecule has 0 radical (unpaired) electrons. The number of fused-ring (bicyclic) bond motifs is 1. The molecular formula is C24H37NO6. The van der Waals surface area contributed by atoms with Crippen molar-refractivity contribution in [3.63, 3.8) is 0 Å². The second-order valence-corrected chi connectivity index (χ2v) is 9.70. The summed E-state index contributed by atoms with van der Waals surface area (Å²) in [6.07, 6.45) is 1.72. The van der Waals surface area contributed by atoms with Gasteiger partial charge in [0.15, 0.2) is 11.5 Å². The molecule has 0 unspecified atom stereocenters. The molecule has 7 nitrogen and oxygen atoms in total. The van der Waals surface area contributed by atoms with E-state index in [1.54, 1.807) is 20.3 Å². The van der Waals surface area contributed by atoms with Crippen LogP contribution in [0.1, 0.15) is 51.5 Å². The molecule has 2 aliphatic carbocycles. The molecule has 0 bridgehead atoms. The number of ether oxygens (including phenoxy) is 2. The lowest BCUT2D eigenvalue weighted by Gasteiger charge is -2.60. The van der Waals surface area contributed by atoms with Crippen LogP contribution >= 0.6 is 0 Å². The van der Waals surface area contributed by atoms with Crippen LogP contribution in [0, 0.1) is 22.7 Å². The van der Waals surface area contributed by atoms with E-state index in [1.165, 1.54) is 0 Å². The molecule has 0 aromatic heterocycles. The van der Waals surface area contributed by atoms with Crippen LogP contribution in [0.5, 0.6) is 11.5 Å². The molecular weight excluding hydrogens is 398 g/mol. The number of carbonyl (C=O) groups excluding carboxylic acids is 1. The molecule has 31 heavy (non-hydrogen) atoms. The van der Waals surface area contributed by atoms with Gasteiger partial charge in [-0.3, -0.25) is 4.79 Å². The number of aliphatic hydroxyl groups excluding tert-OH is 3. The largest absolute Gasteiger partial charge is 0.493 e. The quantitative estimate of drug-likeness (QED) is 0.523. The number of benzene rings is 1. The van der Waals surface area contributed by atoms with Crippen molar-refractivity contribution < 1.29 is 29.6 Å². The van der Waals surface area contributed by atoms with E-state index in [9.17, 15) is 20.1 Å². The topological polar surface area (TPSA) is 108 Å². The SMILES string of the molecule is COc1ccc(CNC(=O)C[C@@H]2[C@H](O)CC[C@@H]3[C@](C)(CO)[C@H](O)CC[C@]32C)cc1OC. The first kappa shape index (κ1) is 23.8. The number of hydrogen-bond acceptors (Lipinski definition) is 6. The molecule has 7 heteroatoms. The maximum atomic E-state index is 12.8. The summed E-state index contributed by atoms with van der Waals surface area (Å²) in [7, 11) is 3.15. The number of methoxy groups -OCH3 is 2. The Morgan fingerprint density at radius 3 is 2.48 bits per heavy atom. The summed E-state index contributed by atoms with van der Waals surface area (Å²) in [5, 5.41) is 34.4. The van der Waals surface area contributed by atoms with Gasteiger partial charge >= 0.3 is 0 Å². The summed E-state index contributed by atoms with van der Waals surface area (Å²) >= 11 is 0. The number of nitrogens with one attached hydrogen (secondary N) is 1. The second-order valence-electron chi connectivity index (χ2n) is 9.70. The fourth-order valence-electron chi connectivity index (χ4n) is 6.07. The Morgan fingerprint density at radius 1 is 1.13 bits per heavy atom. The van der Waals surface area contributed by atoms with Gasteiger partial charge < -0.3 is 30.1 Å². The molecule has 3 rings (SSSR count). The second kappa shape index (κ2) is 9.35. The van der Waals surface area contributed by atoms with Gasteiger partial charge in [-0.15, -0.1) is 0 Å². The maximum absolute atomic E-state index is 12.8. The maximum Gasteiger partial charge on any atom is 0.220 e. The van der Waals surface area contributed by atoms with E-state index in [4.69, 9.17) is 9.47 Å². The van der Waals surface area contributed by atoms with Gasteiger partial charge in [0.1, 0.15) is 0 Å².